The van der Waals surface area contributed by atoms with Crippen LogP contribution in [0.2, 0.25) is 0 Å². The van der Waals surface area contributed by atoms with E-state index < -0.39 is 18.4 Å². The van der Waals surface area contributed by atoms with E-state index in [4.69, 9.17) is 9.47 Å². The molecule has 7 heteroatoms. The van der Waals surface area contributed by atoms with Crippen LogP contribution < -0.4 is 0 Å². The van der Waals surface area contributed by atoms with Crippen molar-refractivity contribution < 1.29 is 33.8 Å². The second-order valence-electron chi connectivity index (χ2n) is 2.64. The normalized spacial score (nSPS) is 34.0. The lowest BCUT2D eigenvalue weighted by Crippen LogP contribution is -2.44. The van der Waals surface area contributed by atoms with Gasteiger partial charge >= 0.3 is 0 Å². The second-order valence-corrected chi connectivity index (χ2v) is 2.64. The van der Waals surface area contributed by atoms with E-state index in [1.165, 1.54) is 0 Å². The Morgan fingerprint density at radius 1 is 0.857 bits per heavy atom. The molecule has 0 N–H and O–H groups in total. The average Bonchev–Trinajstić information content (AvgIpc) is 2.30. The van der Waals surface area contributed by atoms with Gasteiger partial charge < -0.3 is 9.47 Å². The van der Waals surface area contributed by atoms with Gasteiger partial charge in [0, 0.05) is 0 Å². The summed E-state index contributed by atoms with van der Waals surface area (Å²) in [6, 6.07) is 0. The average molecular weight is 206 g/mol. The number of ether oxygens (including phenoxy) is 2. The van der Waals surface area contributed by atoms with E-state index in [2.05, 4.69) is 19.6 Å². The third-order valence-electron chi connectivity index (χ3n) is 1.65. The van der Waals surface area contributed by atoms with Crippen LogP contribution in [0.3, 0.4) is 0 Å². The molecule has 0 saturated carbocycles. The largest absolute Gasteiger partial charge is 0.341 e. The first-order valence-corrected chi connectivity index (χ1v) is 4.21. The van der Waals surface area contributed by atoms with Crippen molar-refractivity contribution in [2.24, 2.45) is 0 Å². The first kappa shape index (κ1) is 9.97. The zero-order valence-corrected chi connectivity index (χ0v) is 7.34. The summed E-state index contributed by atoms with van der Waals surface area (Å²) in [5.74, 6) is -0.510. The first-order chi connectivity index (χ1) is 6.88. The topological polar surface area (TPSA) is 72.5 Å². The molecule has 2 fully saturated rings. The number of Topliss-reactive ketones (excluding diaryl/α,β-unsaturated/α-hetero) is 1. The summed E-state index contributed by atoms with van der Waals surface area (Å²) < 4.78 is 9.96. The zero-order valence-electron chi connectivity index (χ0n) is 7.34. The Balaban J connectivity index is 1.85. The summed E-state index contributed by atoms with van der Waals surface area (Å²) >= 11 is 0. The second kappa shape index (κ2) is 4.78. The van der Waals surface area contributed by atoms with Gasteiger partial charge in [0.05, 0.1) is 13.2 Å². The van der Waals surface area contributed by atoms with E-state index in [1.807, 2.05) is 0 Å². The van der Waals surface area contributed by atoms with Gasteiger partial charge in [0.25, 0.3) is 12.6 Å². The van der Waals surface area contributed by atoms with E-state index in [1.54, 1.807) is 0 Å². The van der Waals surface area contributed by atoms with Gasteiger partial charge in [-0.05, 0) is 0 Å². The van der Waals surface area contributed by atoms with Crippen molar-refractivity contribution in [3.05, 3.63) is 0 Å². The molecule has 2 heterocycles. The molecule has 0 aromatic rings. The Kier molecular flexibility index (Phi) is 3.40. The number of hydrogen-bond donors (Lipinski definition) is 0. The van der Waals surface area contributed by atoms with Gasteiger partial charge in [-0.3, -0.25) is 4.79 Å². The molecule has 0 bridgehead atoms. The Labute approximate surface area is 79.6 Å². The molecule has 2 unspecified atom stereocenters. The monoisotopic (exact) mass is 206 g/mol. The molecule has 7 nitrogen and oxygen atoms in total. The molecular formula is C7H10O7. The Hall–Kier alpha value is -0.570. The van der Waals surface area contributed by atoms with Crippen LogP contribution in [-0.2, 0) is 33.8 Å². The van der Waals surface area contributed by atoms with Crippen LogP contribution in [0.15, 0.2) is 0 Å². The molecule has 2 aliphatic heterocycles. The minimum atomic E-state index is -1.10. The van der Waals surface area contributed by atoms with Gasteiger partial charge in [-0.15, -0.1) is 0 Å². The lowest BCUT2D eigenvalue weighted by atomic mass is 10.3. The molecule has 0 spiro atoms. The quantitative estimate of drug-likeness (QED) is 0.545. The van der Waals surface area contributed by atoms with Crippen LogP contribution in [0, 0.1) is 0 Å². The standard InChI is InChI=1S/C7H10O7/c8-5(6-9-1-3-11-13-6)7-10-2-4-12-14-7/h6-7H,1-4H2. The third kappa shape index (κ3) is 2.27. The highest BCUT2D eigenvalue weighted by Gasteiger charge is 2.35. The lowest BCUT2D eigenvalue weighted by Gasteiger charge is -2.26. The highest BCUT2D eigenvalue weighted by molar-refractivity contribution is 5.85. The maximum atomic E-state index is 11.5. The molecular weight excluding hydrogens is 196 g/mol. The van der Waals surface area contributed by atoms with E-state index in [9.17, 15) is 4.79 Å². The molecule has 2 aliphatic rings. The van der Waals surface area contributed by atoms with Crippen LogP contribution in [-0.4, -0.2) is 44.8 Å². The van der Waals surface area contributed by atoms with Crippen LogP contribution in [0.25, 0.3) is 0 Å². The zero-order chi connectivity index (χ0) is 9.80. The lowest BCUT2D eigenvalue weighted by molar-refractivity contribution is -0.426. The summed E-state index contributed by atoms with van der Waals surface area (Å²) in [7, 11) is 0. The van der Waals surface area contributed by atoms with Gasteiger partial charge in [0.2, 0.25) is 5.78 Å². The Morgan fingerprint density at radius 2 is 1.36 bits per heavy atom. The SMILES string of the molecule is O=C(C1OCCOO1)C1OCCOO1. The number of rotatable bonds is 2. The van der Waals surface area contributed by atoms with Crippen molar-refractivity contribution >= 4 is 5.78 Å². The minimum absolute atomic E-state index is 0.296. The Morgan fingerprint density at radius 3 is 1.71 bits per heavy atom. The predicted octanol–water partition coefficient (Wildman–Crippen LogP) is -0.836. The molecule has 2 rings (SSSR count). The van der Waals surface area contributed by atoms with E-state index >= 15 is 0 Å². The summed E-state index contributed by atoms with van der Waals surface area (Å²) in [6.07, 6.45) is -2.20. The van der Waals surface area contributed by atoms with Crippen LogP contribution in [0.5, 0.6) is 0 Å². The van der Waals surface area contributed by atoms with Gasteiger partial charge in [-0.25, -0.2) is 9.78 Å². The molecule has 0 aliphatic carbocycles. The fourth-order valence-electron chi connectivity index (χ4n) is 1.02. The molecule has 2 atom stereocenters. The van der Waals surface area contributed by atoms with Gasteiger partial charge in [0.15, 0.2) is 0 Å². The first-order valence-electron chi connectivity index (χ1n) is 4.21. The number of carbonyl (C=O) groups is 1. The van der Waals surface area contributed by atoms with Crippen molar-refractivity contribution in [2.45, 2.75) is 12.6 Å². The maximum absolute atomic E-state index is 11.5. The van der Waals surface area contributed by atoms with E-state index in [-0.39, 0.29) is 0 Å². The Bertz CT molecular complexity index is 174. The summed E-state index contributed by atoms with van der Waals surface area (Å²) in [5.41, 5.74) is 0. The highest BCUT2D eigenvalue weighted by Crippen LogP contribution is 2.11. The number of carbonyl (C=O) groups excluding carboxylic acids is 1. The molecule has 0 amide bonds. The molecule has 14 heavy (non-hydrogen) atoms. The van der Waals surface area contributed by atoms with E-state index in [0.717, 1.165) is 0 Å². The number of hydrogen-bond acceptors (Lipinski definition) is 7. The summed E-state index contributed by atoms with van der Waals surface area (Å²) in [6.45, 7) is 1.19. The maximum Gasteiger partial charge on any atom is 0.256 e. The van der Waals surface area contributed by atoms with Crippen LogP contribution in [0.1, 0.15) is 0 Å². The van der Waals surface area contributed by atoms with Crippen molar-refractivity contribution in [1.82, 2.24) is 0 Å². The number of ketones is 1. The van der Waals surface area contributed by atoms with Crippen LogP contribution in [0.4, 0.5) is 0 Å². The highest BCUT2D eigenvalue weighted by atomic mass is 17.2. The fourth-order valence-corrected chi connectivity index (χ4v) is 1.02. The van der Waals surface area contributed by atoms with Crippen molar-refractivity contribution in [3.63, 3.8) is 0 Å². The van der Waals surface area contributed by atoms with Crippen molar-refractivity contribution in [3.8, 4) is 0 Å². The van der Waals surface area contributed by atoms with E-state index in [0.29, 0.717) is 26.4 Å². The fraction of sp³-hybridized carbons (Fsp3) is 0.857. The predicted molar refractivity (Wildman–Crippen MR) is 38.6 cm³/mol. The smallest absolute Gasteiger partial charge is 0.256 e. The van der Waals surface area contributed by atoms with Crippen molar-refractivity contribution in [2.75, 3.05) is 26.4 Å². The minimum Gasteiger partial charge on any atom is -0.341 e. The van der Waals surface area contributed by atoms with Crippen LogP contribution >= 0.6 is 0 Å². The molecule has 2 saturated heterocycles. The summed E-state index contributed by atoms with van der Waals surface area (Å²) in [4.78, 5) is 29.9. The molecule has 0 aromatic carbocycles. The van der Waals surface area contributed by atoms with Crippen molar-refractivity contribution in [1.29, 1.82) is 0 Å². The van der Waals surface area contributed by atoms with Gasteiger partial charge in [0.1, 0.15) is 13.2 Å². The molecule has 0 aromatic heterocycles. The van der Waals surface area contributed by atoms with Gasteiger partial charge in [-0.1, -0.05) is 0 Å². The van der Waals surface area contributed by atoms with Gasteiger partial charge in [-0.2, -0.15) is 9.78 Å². The molecule has 0 radical (unpaired) electrons. The summed E-state index contributed by atoms with van der Waals surface area (Å²) in [5, 5.41) is 0. The molecule has 80 valence electrons. The third-order valence-corrected chi connectivity index (χ3v) is 1.65.